The van der Waals surface area contributed by atoms with Gasteiger partial charge in [-0.3, -0.25) is 0 Å². The highest BCUT2D eigenvalue weighted by Gasteiger charge is 1.85. The largest absolute Gasteiger partial charge is 0.403 e. The standard InChI is InChI=1S/C5H13N3/c6-3-1-2-5(8)4-7/h4H,1-3,6-8H2/b5-4+. The fourth-order valence-corrected chi connectivity index (χ4v) is 0.390. The molecule has 8 heavy (non-hydrogen) atoms. The van der Waals surface area contributed by atoms with E-state index in [0.717, 1.165) is 18.5 Å². The summed E-state index contributed by atoms with van der Waals surface area (Å²) < 4.78 is 0. The van der Waals surface area contributed by atoms with Gasteiger partial charge >= 0.3 is 0 Å². The summed E-state index contributed by atoms with van der Waals surface area (Å²) >= 11 is 0. The first-order chi connectivity index (χ1) is 3.81. The number of hydrogen-bond acceptors (Lipinski definition) is 3. The first kappa shape index (κ1) is 7.30. The Morgan fingerprint density at radius 3 is 2.50 bits per heavy atom. The van der Waals surface area contributed by atoms with E-state index >= 15 is 0 Å². The Labute approximate surface area is 49.5 Å². The Morgan fingerprint density at radius 2 is 2.12 bits per heavy atom. The maximum Gasteiger partial charge on any atom is 0.0238 e. The maximum atomic E-state index is 5.34. The molecule has 0 spiro atoms. The van der Waals surface area contributed by atoms with Crippen molar-refractivity contribution in [2.75, 3.05) is 6.54 Å². The third kappa shape index (κ3) is 3.49. The average molecular weight is 115 g/mol. The van der Waals surface area contributed by atoms with Crippen LogP contribution in [0.15, 0.2) is 11.9 Å². The van der Waals surface area contributed by atoms with Crippen LogP contribution in [0.3, 0.4) is 0 Å². The van der Waals surface area contributed by atoms with Gasteiger partial charge < -0.3 is 17.2 Å². The van der Waals surface area contributed by atoms with Gasteiger partial charge in [0.15, 0.2) is 0 Å². The summed E-state index contributed by atoms with van der Waals surface area (Å²) in [7, 11) is 0. The van der Waals surface area contributed by atoms with Crippen molar-refractivity contribution in [1.29, 1.82) is 0 Å². The highest BCUT2D eigenvalue weighted by atomic mass is 14.6. The van der Waals surface area contributed by atoms with Crippen molar-refractivity contribution in [2.45, 2.75) is 12.8 Å². The van der Waals surface area contributed by atoms with Crippen LogP contribution < -0.4 is 17.2 Å². The van der Waals surface area contributed by atoms with Gasteiger partial charge in [0.2, 0.25) is 0 Å². The molecule has 0 rings (SSSR count). The van der Waals surface area contributed by atoms with E-state index in [9.17, 15) is 0 Å². The van der Waals surface area contributed by atoms with Crippen LogP contribution in [0.2, 0.25) is 0 Å². The molecule has 0 aliphatic carbocycles. The second-order valence-electron chi connectivity index (χ2n) is 1.63. The lowest BCUT2D eigenvalue weighted by atomic mass is 10.2. The third-order valence-electron chi connectivity index (χ3n) is 0.884. The van der Waals surface area contributed by atoms with Crippen LogP contribution in [0, 0.1) is 0 Å². The van der Waals surface area contributed by atoms with Gasteiger partial charge in [0.05, 0.1) is 0 Å². The van der Waals surface area contributed by atoms with E-state index in [2.05, 4.69) is 0 Å². The van der Waals surface area contributed by atoms with Crippen molar-refractivity contribution in [3.05, 3.63) is 11.9 Å². The fraction of sp³-hybridized carbons (Fsp3) is 0.600. The summed E-state index contributed by atoms with van der Waals surface area (Å²) in [4.78, 5) is 0. The minimum Gasteiger partial charge on any atom is -0.403 e. The van der Waals surface area contributed by atoms with Gasteiger partial charge in [0, 0.05) is 11.9 Å². The summed E-state index contributed by atoms with van der Waals surface area (Å²) in [5.41, 5.74) is 16.4. The molecule has 0 aromatic heterocycles. The van der Waals surface area contributed by atoms with Crippen molar-refractivity contribution in [3.8, 4) is 0 Å². The molecule has 3 heteroatoms. The van der Waals surface area contributed by atoms with Gasteiger partial charge in [0.25, 0.3) is 0 Å². The van der Waals surface area contributed by atoms with Crippen LogP contribution in [0.4, 0.5) is 0 Å². The lowest BCUT2D eigenvalue weighted by Gasteiger charge is -1.94. The van der Waals surface area contributed by atoms with Crippen molar-refractivity contribution in [1.82, 2.24) is 0 Å². The lowest BCUT2D eigenvalue weighted by Crippen LogP contribution is -2.04. The van der Waals surface area contributed by atoms with Gasteiger partial charge in [-0.25, -0.2) is 0 Å². The van der Waals surface area contributed by atoms with Crippen LogP contribution in [0.1, 0.15) is 12.8 Å². The summed E-state index contributed by atoms with van der Waals surface area (Å²) in [5.74, 6) is 0. The Bertz CT molecular complexity index is 77.7. The molecule has 48 valence electrons. The molecule has 0 aliphatic rings. The molecule has 0 saturated carbocycles. The zero-order valence-corrected chi connectivity index (χ0v) is 4.93. The van der Waals surface area contributed by atoms with Gasteiger partial charge in [-0.2, -0.15) is 0 Å². The zero-order chi connectivity index (χ0) is 6.41. The molecule has 3 nitrogen and oxygen atoms in total. The highest BCUT2D eigenvalue weighted by Crippen LogP contribution is 1.92. The summed E-state index contributed by atoms with van der Waals surface area (Å²) in [6.07, 6.45) is 3.14. The van der Waals surface area contributed by atoms with E-state index in [1.165, 1.54) is 6.20 Å². The Hall–Kier alpha value is -0.700. The summed E-state index contributed by atoms with van der Waals surface area (Å²) in [5, 5.41) is 0. The predicted octanol–water partition coefficient (Wildman–Crippen LogP) is -0.516. The van der Waals surface area contributed by atoms with E-state index in [-0.39, 0.29) is 0 Å². The smallest absolute Gasteiger partial charge is 0.0238 e. The number of nitrogens with two attached hydrogens (primary N) is 3. The molecule has 6 N–H and O–H groups in total. The maximum absolute atomic E-state index is 5.34. The minimum absolute atomic E-state index is 0.675. The van der Waals surface area contributed by atoms with Crippen molar-refractivity contribution < 1.29 is 0 Å². The zero-order valence-electron chi connectivity index (χ0n) is 4.93. The van der Waals surface area contributed by atoms with Crippen molar-refractivity contribution in [3.63, 3.8) is 0 Å². The van der Waals surface area contributed by atoms with Gasteiger partial charge in [-0.05, 0) is 19.4 Å². The van der Waals surface area contributed by atoms with Crippen LogP contribution in [-0.4, -0.2) is 6.54 Å². The Kier molecular flexibility index (Phi) is 4.07. The van der Waals surface area contributed by atoms with Crippen molar-refractivity contribution in [2.24, 2.45) is 17.2 Å². The molecule has 0 aliphatic heterocycles. The first-order valence-electron chi connectivity index (χ1n) is 2.67. The minimum atomic E-state index is 0.675. The van der Waals surface area contributed by atoms with E-state index in [1.807, 2.05) is 0 Å². The fourth-order valence-electron chi connectivity index (χ4n) is 0.390. The third-order valence-corrected chi connectivity index (χ3v) is 0.884. The highest BCUT2D eigenvalue weighted by molar-refractivity contribution is 4.92. The summed E-state index contributed by atoms with van der Waals surface area (Å²) in [6.45, 7) is 0.675. The Balaban J connectivity index is 3.12. The van der Waals surface area contributed by atoms with Gasteiger partial charge in [0.1, 0.15) is 0 Å². The number of rotatable bonds is 3. The topological polar surface area (TPSA) is 78.1 Å². The molecule has 0 unspecified atom stereocenters. The van der Waals surface area contributed by atoms with E-state index in [0.29, 0.717) is 6.54 Å². The second-order valence-corrected chi connectivity index (χ2v) is 1.63. The molecular weight excluding hydrogens is 102 g/mol. The molecule has 0 radical (unpaired) electrons. The SMILES string of the molecule is N/C=C(/N)CCCN. The van der Waals surface area contributed by atoms with Crippen LogP contribution in [0.25, 0.3) is 0 Å². The molecule has 0 saturated heterocycles. The van der Waals surface area contributed by atoms with Gasteiger partial charge in [-0.15, -0.1) is 0 Å². The van der Waals surface area contributed by atoms with E-state index in [4.69, 9.17) is 17.2 Å². The number of allylic oxidation sites excluding steroid dienone is 1. The molecule has 0 aromatic rings. The second kappa shape index (κ2) is 4.46. The monoisotopic (exact) mass is 115 g/mol. The molecular formula is C5H13N3. The molecule has 0 aromatic carbocycles. The first-order valence-corrected chi connectivity index (χ1v) is 2.67. The number of hydrogen-bond donors (Lipinski definition) is 3. The Morgan fingerprint density at radius 1 is 1.50 bits per heavy atom. The van der Waals surface area contributed by atoms with Crippen LogP contribution >= 0.6 is 0 Å². The molecule has 0 heterocycles. The van der Waals surface area contributed by atoms with E-state index < -0.39 is 0 Å². The predicted molar refractivity (Wildman–Crippen MR) is 34.7 cm³/mol. The van der Waals surface area contributed by atoms with Crippen molar-refractivity contribution >= 4 is 0 Å². The molecule has 0 atom stereocenters. The summed E-state index contributed by atoms with van der Waals surface area (Å²) in [6, 6.07) is 0. The average Bonchev–Trinajstić information content (AvgIpc) is 1.83. The molecule has 0 fully saturated rings. The molecule has 0 bridgehead atoms. The van der Waals surface area contributed by atoms with Crippen LogP contribution in [-0.2, 0) is 0 Å². The van der Waals surface area contributed by atoms with Crippen LogP contribution in [0.5, 0.6) is 0 Å². The van der Waals surface area contributed by atoms with E-state index in [1.54, 1.807) is 0 Å². The normalized spacial score (nSPS) is 11.9. The van der Waals surface area contributed by atoms with Gasteiger partial charge in [-0.1, -0.05) is 0 Å². The quantitative estimate of drug-likeness (QED) is 0.463. The lowest BCUT2D eigenvalue weighted by molar-refractivity contribution is 0.813. The molecule has 0 amide bonds.